The van der Waals surface area contributed by atoms with Crippen molar-refractivity contribution in [2.75, 3.05) is 26.7 Å². The largest absolute Gasteiger partial charge is 0.342 e. The van der Waals surface area contributed by atoms with Gasteiger partial charge in [0, 0.05) is 26.3 Å². The molecule has 128 valence electrons. The topological polar surface area (TPSA) is 58.4 Å². The maximum atomic E-state index is 12.4. The minimum Gasteiger partial charge on any atom is -0.342 e. The highest BCUT2D eigenvalue weighted by Crippen LogP contribution is 2.06. The predicted molar refractivity (Wildman–Crippen MR) is 92.7 cm³/mol. The number of hydrogen-bond acceptors (Lipinski definition) is 3. The first kappa shape index (κ1) is 17.7. The monoisotopic (exact) mass is 328 g/mol. The quantitative estimate of drug-likeness (QED) is 0.780. The Balaban J connectivity index is 1.98. The normalized spacial score (nSPS) is 10.5. The standard InChI is InChI=1S/C18H24N4O2/c1-4-21(5-2)17(23)14-20(3)18(24)16-11-19-22(13-16)12-15-9-7-6-8-10-15/h6-11,13H,4-5,12,14H2,1-3H3. The zero-order valence-corrected chi connectivity index (χ0v) is 14.5. The van der Waals surface area contributed by atoms with Crippen LogP contribution in [0.2, 0.25) is 0 Å². The summed E-state index contributed by atoms with van der Waals surface area (Å²) in [5.74, 6) is -0.248. The maximum absolute atomic E-state index is 12.4. The van der Waals surface area contributed by atoms with Gasteiger partial charge in [-0.15, -0.1) is 0 Å². The Hall–Kier alpha value is -2.63. The minimum atomic E-state index is -0.199. The van der Waals surface area contributed by atoms with Crippen LogP contribution in [0.25, 0.3) is 0 Å². The lowest BCUT2D eigenvalue weighted by Crippen LogP contribution is -2.40. The molecule has 6 nitrogen and oxygen atoms in total. The summed E-state index contributed by atoms with van der Waals surface area (Å²) in [5, 5.41) is 4.24. The van der Waals surface area contributed by atoms with Crippen LogP contribution in [0.15, 0.2) is 42.7 Å². The molecule has 0 unspecified atom stereocenters. The van der Waals surface area contributed by atoms with Crippen molar-refractivity contribution in [3.63, 3.8) is 0 Å². The van der Waals surface area contributed by atoms with Crippen LogP contribution >= 0.6 is 0 Å². The third-order valence-electron chi connectivity index (χ3n) is 3.90. The highest BCUT2D eigenvalue weighted by Gasteiger charge is 2.19. The molecule has 2 rings (SSSR count). The smallest absolute Gasteiger partial charge is 0.257 e. The fourth-order valence-electron chi connectivity index (χ4n) is 2.50. The molecule has 0 saturated heterocycles. The van der Waals surface area contributed by atoms with Gasteiger partial charge in [-0.1, -0.05) is 30.3 Å². The molecule has 0 aliphatic heterocycles. The molecule has 0 bridgehead atoms. The first-order valence-corrected chi connectivity index (χ1v) is 8.14. The van der Waals surface area contributed by atoms with Crippen molar-refractivity contribution in [2.24, 2.45) is 0 Å². The second-order valence-electron chi connectivity index (χ2n) is 5.64. The lowest BCUT2D eigenvalue weighted by molar-refractivity contribution is -0.131. The van der Waals surface area contributed by atoms with Crippen LogP contribution in [0.3, 0.4) is 0 Å². The summed E-state index contributed by atoms with van der Waals surface area (Å²) in [5.41, 5.74) is 1.60. The Bertz CT molecular complexity index is 677. The highest BCUT2D eigenvalue weighted by atomic mass is 16.2. The number of amides is 2. The lowest BCUT2D eigenvalue weighted by atomic mass is 10.2. The Morgan fingerprint density at radius 1 is 1.12 bits per heavy atom. The van der Waals surface area contributed by atoms with Crippen molar-refractivity contribution in [1.82, 2.24) is 19.6 Å². The molecular formula is C18H24N4O2. The predicted octanol–water partition coefficient (Wildman–Crippen LogP) is 1.87. The van der Waals surface area contributed by atoms with E-state index in [2.05, 4.69) is 5.10 Å². The highest BCUT2D eigenvalue weighted by molar-refractivity contribution is 5.95. The van der Waals surface area contributed by atoms with Crippen molar-refractivity contribution >= 4 is 11.8 Å². The average molecular weight is 328 g/mol. The summed E-state index contributed by atoms with van der Waals surface area (Å²) in [6, 6.07) is 9.93. The van der Waals surface area contributed by atoms with Gasteiger partial charge in [-0.25, -0.2) is 0 Å². The van der Waals surface area contributed by atoms with E-state index in [0.717, 1.165) is 5.56 Å². The number of rotatable bonds is 7. The first-order valence-electron chi connectivity index (χ1n) is 8.14. The van der Waals surface area contributed by atoms with Gasteiger partial charge in [0.2, 0.25) is 5.91 Å². The first-order chi connectivity index (χ1) is 11.5. The summed E-state index contributed by atoms with van der Waals surface area (Å²) in [7, 11) is 1.64. The number of nitrogens with zero attached hydrogens (tertiary/aromatic N) is 4. The fourth-order valence-corrected chi connectivity index (χ4v) is 2.50. The number of carbonyl (C=O) groups is 2. The molecule has 0 aliphatic rings. The van der Waals surface area contributed by atoms with E-state index in [1.165, 1.54) is 4.90 Å². The molecule has 0 spiro atoms. The Morgan fingerprint density at radius 3 is 2.42 bits per heavy atom. The van der Waals surface area contributed by atoms with Crippen LogP contribution in [0, 0.1) is 0 Å². The Morgan fingerprint density at radius 2 is 1.79 bits per heavy atom. The van der Waals surface area contributed by atoms with Crippen LogP contribution in [0.1, 0.15) is 29.8 Å². The second kappa shape index (κ2) is 8.29. The molecular weight excluding hydrogens is 304 g/mol. The van der Waals surface area contributed by atoms with Gasteiger partial charge in [0.05, 0.1) is 24.8 Å². The number of benzene rings is 1. The molecule has 2 amide bonds. The van der Waals surface area contributed by atoms with E-state index < -0.39 is 0 Å². The van der Waals surface area contributed by atoms with Gasteiger partial charge in [0.25, 0.3) is 5.91 Å². The SMILES string of the molecule is CCN(CC)C(=O)CN(C)C(=O)c1cnn(Cc2ccccc2)c1. The van der Waals surface area contributed by atoms with Crippen molar-refractivity contribution in [2.45, 2.75) is 20.4 Å². The Labute approximate surface area is 142 Å². The van der Waals surface area contributed by atoms with E-state index in [1.807, 2.05) is 44.2 Å². The summed E-state index contributed by atoms with van der Waals surface area (Å²) in [4.78, 5) is 27.7. The molecule has 0 N–H and O–H groups in total. The van der Waals surface area contributed by atoms with Crippen LogP contribution < -0.4 is 0 Å². The summed E-state index contributed by atoms with van der Waals surface area (Å²) in [6.07, 6.45) is 3.26. The third kappa shape index (κ3) is 4.44. The summed E-state index contributed by atoms with van der Waals surface area (Å²) in [6.45, 7) is 5.83. The number of likely N-dealkylation sites (N-methyl/N-ethyl adjacent to an activating group) is 2. The zero-order chi connectivity index (χ0) is 17.5. The van der Waals surface area contributed by atoms with E-state index in [-0.39, 0.29) is 18.4 Å². The van der Waals surface area contributed by atoms with E-state index in [9.17, 15) is 9.59 Å². The second-order valence-corrected chi connectivity index (χ2v) is 5.64. The van der Waals surface area contributed by atoms with Gasteiger partial charge < -0.3 is 9.80 Å². The molecule has 0 aliphatic carbocycles. The lowest BCUT2D eigenvalue weighted by Gasteiger charge is -2.22. The van der Waals surface area contributed by atoms with Crippen LogP contribution in [-0.2, 0) is 11.3 Å². The molecule has 0 saturated carbocycles. The molecule has 0 fully saturated rings. The number of carbonyl (C=O) groups excluding carboxylic acids is 2. The molecule has 24 heavy (non-hydrogen) atoms. The van der Waals surface area contributed by atoms with Crippen molar-refractivity contribution in [3.8, 4) is 0 Å². The zero-order valence-electron chi connectivity index (χ0n) is 14.5. The molecule has 1 aromatic carbocycles. The van der Waals surface area contributed by atoms with Crippen LogP contribution in [-0.4, -0.2) is 58.1 Å². The maximum Gasteiger partial charge on any atom is 0.257 e. The molecule has 0 radical (unpaired) electrons. The molecule has 0 atom stereocenters. The van der Waals surface area contributed by atoms with Gasteiger partial charge in [0.15, 0.2) is 0 Å². The summed E-state index contributed by atoms with van der Waals surface area (Å²) < 4.78 is 1.72. The molecule has 2 aromatic rings. The van der Waals surface area contributed by atoms with Crippen LogP contribution in [0.4, 0.5) is 0 Å². The van der Waals surface area contributed by atoms with E-state index >= 15 is 0 Å². The van der Waals surface area contributed by atoms with E-state index in [1.54, 1.807) is 29.0 Å². The van der Waals surface area contributed by atoms with Gasteiger partial charge in [-0.05, 0) is 19.4 Å². The van der Waals surface area contributed by atoms with Gasteiger partial charge in [-0.3, -0.25) is 14.3 Å². The number of hydrogen-bond donors (Lipinski definition) is 0. The molecule has 1 heterocycles. The van der Waals surface area contributed by atoms with Gasteiger partial charge >= 0.3 is 0 Å². The van der Waals surface area contributed by atoms with E-state index in [4.69, 9.17) is 0 Å². The fraction of sp³-hybridized carbons (Fsp3) is 0.389. The minimum absolute atomic E-state index is 0.0486. The molecule has 1 aromatic heterocycles. The average Bonchev–Trinajstić information content (AvgIpc) is 3.04. The van der Waals surface area contributed by atoms with Crippen LogP contribution in [0.5, 0.6) is 0 Å². The van der Waals surface area contributed by atoms with Crippen molar-refractivity contribution in [3.05, 3.63) is 53.9 Å². The Kier molecular flexibility index (Phi) is 6.12. The summed E-state index contributed by atoms with van der Waals surface area (Å²) >= 11 is 0. The number of aromatic nitrogens is 2. The van der Waals surface area contributed by atoms with Gasteiger partial charge in [0.1, 0.15) is 0 Å². The third-order valence-corrected chi connectivity index (χ3v) is 3.90. The van der Waals surface area contributed by atoms with Crippen molar-refractivity contribution < 1.29 is 9.59 Å². The molecule has 6 heteroatoms. The van der Waals surface area contributed by atoms with Crippen molar-refractivity contribution in [1.29, 1.82) is 0 Å². The van der Waals surface area contributed by atoms with E-state index in [0.29, 0.717) is 25.2 Å². The van der Waals surface area contributed by atoms with Gasteiger partial charge in [-0.2, -0.15) is 5.10 Å².